The summed E-state index contributed by atoms with van der Waals surface area (Å²) in [6, 6.07) is 4.83. The van der Waals surface area contributed by atoms with Crippen LogP contribution in [0, 0.1) is 5.82 Å². The van der Waals surface area contributed by atoms with Crippen molar-refractivity contribution in [1.29, 1.82) is 0 Å². The molecule has 2 N–H and O–H groups in total. The first-order valence-corrected chi connectivity index (χ1v) is 4.27. The Hall–Kier alpha value is -0.310. The van der Waals surface area contributed by atoms with Gasteiger partial charge < -0.3 is 5.73 Å². The van der Waals surface area contributed by atoms with Gasteiger partial charge in [-0.05, 0) is 18.6 Å². The molecule has 1 saturated carbocycles. The maximum Gasteiger partial charge on any atom is 0.128 e. The number of nitrogens with two attached hydrogens (primary N) is 1. The molecule has 1 aromatic carbocycles. The van der Waals surface area contributed by atoms with Crippen molar-refractivity contribution in [3.63, 3.8) is 0 Å². The molecule has 72 valence electrons. The van der Waals surface area contributed by atoms with Crippen LogP contribution >= 0.6 is 24.0 Å². The van der Waals surface area contributed by atoms with Crippen LogP contribution in [0.2, 0.25) is 5.02 Å². The third kappa shape index (κ3) is 1.96. The summed E-state index contributed by atoms with van der Waals surface area (Å²) in [4.78, 5) is 0. The van der Waals surface area contributed by atoms with Crippen LogP contribution in [0.5, 0.6) is 0 Å². The molecule has 0 heterocycles. The Labute approximate surface area is 87.5 Å². The van der Waals surface area contributed by atoms with E-state index < -0.39 is 0 Å². The molecule has 0 radical (unpaired) electrons. The third-order valence-electron chi connectivity index (χ3n) is 2.21. The minimum atomic E-state index is -0.236. The zero-order valence-corrected chi connectivity index (χ0v) is 8.41. The minimum absolute atomic E-state index is 0. The van der Waals surface area contributed by atoms with Crippen LogP contribution < -0.4 is 5.73 Å². The zero-order chi connectivity index (χ0) is 8.72. The van der Waals surface area contributed by atoms with E-state index in [4.69, 9.17) is 17.3 Å². The quantitative estimate of drug-likeness (QED) is 0.776. The van der Waals surface area contributed by atoms with E-state index in [0.717, 1.165) is 6.42 Å². The highest BCUT2D eigenvalue weighted by Crippen LogP contribution is 2.43. The van der Waals surface area contributed by atoms with Crippen molar-refractivity contribution in [2.75, 3.05) is 0 Å². The molecule has 0 bridgehead atoms. The second kappa shape index (κ2) is 3.82. The van der Waals surface area contributed by atoms with Gasteiger partial charge in [-0.3, -0.25) is 0 Å². The lowest BCUT2D eigenvalue weighted by Crippen LogP contribution is -2.02. The number of halogens is 3. The Morgan fingerprint density at radius 3 is 2.54 bits per heavy atom. The summed E-state index contributed by atoms with van der Waals surface area (Å²) < 4.78 is 13.2. The largest absolute Gasteiger partial charge is 0.327 e. The molecule has 0 aliphatic heterocycles. The molecule has 4 heteroatoms. The lowest BCUT2D eigenvalue weighted by atomic mass is 10.1. The maximum atomic E-state index is 13.2. The minimum Gasteiger partial charge on any atom is -0.327 e. The van der Waals surface area contributed by atoms with Gasteiger partial charge in [0.25, 0.3) is 0 Å². The first kappa shape index (κ1) is 10.8. The Morgan fingerprint density at radius 1 is 1.46 bits per heavy atom. The van der Waals surface area contributed by atoms with Crippen molar-refractivity contribution in [2.45, 2.75) is 18.4 Å². The first-order chi connectivity index (χ1) is 5.70. The van der Waals surface area contributed by atoms with E-state index in [1.165, 1.54) is 6.07 Å². The molecule has 1 fully saturated rings. The summed E-state index contributed by atoms with van der Waals surface area (Å²) in [7, 11) is 0. The second-order valence-electron chi connectivity index (χ2n) is 3.14. The summed E-state index contributed by atoms with van der Waals surface area (Å²) in [6.45, 7) is 0. The molecular weight excluding hydrogens is 212 g/mol. The van der Waals surface area contributed by atoms with E-state index in [1.54, 1.807) is 12.1 Å². The van der Waals surface area contributed by atoms with Gasteiger partial charge in [-0.2, -0.15) is 0 Å². The van der Waals surface area contributed by atoms with E-state index in [9.17, 15) is 4.39 Å². The molecule has 1 aliphatic rings. The SMILES string of the molecule is Cl.N[C@@H]1C[C@H]1c1c(F)cccc1Cl. The third-order valence-corrected chi connectivity index (χ3v) is 2.54. The highest BCUT2D eigenvalue weighted by molar-refractivity contribution is 6.31. The van der Waals surface area contributed by atoms with Gasteiger partial charge in [0.2, 0.25) is 0 Å². The zero-order valence-electron chi connectivity index (χ0n) is 6.84. The molecule has 1 nitrogen and oxygen atoms in total. The first-order valence-electron chi connectivity index (χ1n) is 3.89. The molecule has 0 aromatic heterocycles. The summed E-state index contributed by atoms with van der Waals surface area (Å²) in [5.74, 6) is -0.0980. The van der Waals surface area contributed by atoms with Gasteiger partial charge in [-0.25, -0.2) is 4.39 Å². The van der Waals surface area contributed by atoms with Crippen LogP contribution in [-0.4, -0.2) is 6.04 Å². The molecule has 0 saturated heterocycles. The molecule has 1 aromatic rings. The molecule has 0 amide bonds. The fraction of sp³-hybridized carbons (Fsp3) is 0.333. The van der Waals surface area contributed by atoms with Crippen molar-refractivity contribution in [1.82, 2.24) is 0 Å². The van der Waals surface area contributed by atoms with E-state index in [0.29, 0.717) is 10.6 Å². The molecule has 0 spiro atoms. The van der Waals surface area contributed by atoms with Gasteiger partial charge in [0, 0.05) is 22.5 Å². The van der Waals surface area contributed by atoms with Crippen molar-refractivity contribution >= 4 is 24.0 Å². The van der Waals surface area contributed by atoms with Crippen LogP contribution in [-0.2, 0) is 0 Å². The number of hydrogen-bond donors (Lipinski definition) is 1. The Bertz CT molecular complexity index is 296. The van der Waals surface area contributed by atoms with E-state index >= 15 is 0 Å². The van der Waals surface area contributed by atoms with Gasteiger partial charge in [-0.1, -0.05) is 17.7 Å². The van der Waals surface area contributed by atoms with Crippen molar-refractivity contribution in [3.8, 4) is 0 Å². The van der Waals surface area contributed by atoms with Crippen molar-refractivity contribution in [2.24, 2.45) is 5.73 Å². The van der Waals surface area contributed by atoms with Gasteiger partial charge in [0.15, 0.2) is 0 Å². The topological polar surface area (TPSA) is 26.0 Å². The van der Waals surface area contributed by atoms with Gasteiger partial charge in [0.1, 0.15) is 5.82 Å². The molecule has 2 rings (SSSR count). The lowest BCUT2D eigenvalue weighted by molar-refractivity contribution is 0.609. The average molecular weight is 222 g/mol. The van der Waals surface area contributed by atoms with Crippen molar-refractivity contribution in [3.05, 3.63) is 34.6 Å². The normalized spacial score (nSPS) is 25.2. The van der Waals surface area contributed by atoms with Crippen LogP contribution in [0.4, 0.5) is 4.39 Å². The molecular formula is C9H10Cl2FN. The van der Waals surface area contributed by atoms with E-state index in [-0.39, 0.29) is 30.2 Å². The maximum absolute atomic E-state index is 13.2. The molecule has 0 unspecified atom stereocenters. The standard InChI is InChI=1S/C9H9ClFN.ClH/c10-6-2-1-3-7(11)9(6)5-4-8(5)12;/h1-3,5,8H,4,12H2;1H/t5-,8-;/m1./s1. The van der Waals surface area contributed by atoms with Gasteiger partial charge in [0.05, 0.1) is 0 Å². The summed E-state index contributed by atoms with van der Waals surface area (Å²) in [5.41, 5.74) is 6.20. The lowest BCUT2D eigenvalue weighted by Gasteiger charge is -2.02. The molecule has 2 atom stereocenters. The molecule has 1 aliphatic carbocycles. The Morgan fingerprint density at radius 2 is 2.08 bits per heavy atom. The van der Waals surface area contributed by atoms with Crippen LogP contribution in [0.15, 0.2) is 18.2 Å². The fourth-order valence-corrected chi connectivity index (χ4v) is 1.71. The van der Waals surface area contributed by atoms with E-state index in [1.807, 2.05) is 0 Å². The predicted octanol–water partition coefficient (Wildman–Crippen LogP) is 2.72. The van der Waals surface area contributed by atoms with Gasteiger partial charge >= 0.3 is 0 Å². The molecule has 13 heavy (non-hydrogen) atoms. The van der Waals surface area contributed by atoms with Crippen LogP contribution in [0.1, 0.15) is 17.9 Å². The van der Waals surface area contributed by atoms with Gasteiger partial charge in [-0.15, -0.1) is 12.4 Å². The Kier molecular flexibility index (Phi) is 3.17. The number of hydrogen-bond acceptors (Lipinski definition) is 1. The fourth-order valence-electron chi connectivity index (χ4n) is 1.41. The monoisotopic (exact) mass is 221 g/mol. The summed E-state index contributed by atoms with van der Waals surface area (Å²) in [5, 5.41) is 0.493. The van der Waals surface area contributed by atoms with E-state index in [2.05, 4.69) is 0 Å². The van der Waals surface area contributed by atoms with Crippen molar-refractivity contribution < 1.29 is 4.39 Å². The smallest absolute Gasteiger partial charge is 0.128 e. The Balaban J connectivity index is 0.000000845. The predicted molar refractivity (Wildman–Crippen MR) is 54.0 cm³/mol. The highest BCUT2D eigenvalue weighted by atomic mass is 35.5. The highest BCUT2D eigenvalue weighted by Gasteiger charge is 2.38. The summed E-state index contributed by atoms with van der Waals surface area (Å²) in [6.07, 6.45) is 0.848. The van der Waals surface area contributed by atoms with Crippen LogP contribution in [0.25, 0.3) is 0 Å². The average Bonchev–Trinajstić information content (AvgIpc) is 2.67. The van der Waals surface area contributed by atoms with Crippen LogP contribution in [0.3, 0.4) is 0 Å². The summed E-state index contributed by atoms with van der Waals surface area (Å²) >= 11 is 5.83. The number of benzene rings is 1. The number of rotatable bonds is 1. The second-order valence-corrected chi connectivity index (χ2v) is 3.55.